The number of nitrogens with one attached hydrogen (secondary N) is 1. The minimum Gasteiger partial charge on any atom is -0.480 e. The molecule has 0 unspecified atom stereocenters. The summed E-state index contributed by atoms with van der Waals surface area (Å²) in [6, 6.07) is 7.34. The number of carboxylic acids is 1. The number of aromatic nitrogens is 3. The lowest BCUT2D eigenvalue weighted by molar-refractivity contribution is -0.138. The van der Waals surface area contributed by atoms with Crippen LogP contribution < -0.4 is 5.32 Å². The fourth-order valence-corrected chi connectivity index (χ4v) is 1.95. The molecule has 0 atom stereocenters. The van der Waals surface area contributed by atoms with Crippen molar-refractivity contribution in [1.82, 2.24) is 20.3 Å². The van der Waals surface area contributed by atoms with E-state index in [1.807, 2.05) is 12.1 Å². The van der Waals surface area contributed by atoms with Gasteiger partial charge < -0.3 is 10.4 Å². The van der Waals surface area contributed by atoms with Crippen LogP contribution in [0.2, 0.25) is 5.02 Å². The summed E-state index contributed by atoms with van der Waals surface area (Å²) >= 11 is 5.79. The standard InChI is InChI=1S/C14H15ClN4O3/c15-11-4-1-10(2-5-11)3-6-13(20)16-7-12-8-19(18-17-12)9-14(21)22/h1-2,4-5,8H,3,6-7,9H2,(H,16,20)(H,21,22). The monoisotopic (exact) mass is 322 g/mol. The molecule has 1 aromatic carbocycles. The second-order valence-electron chi connectivity index (χ2n) is 4.70. The van der Waals surface area contributed by atoms with Crippen LogP contribution in [0.5, 0.6) is 0 Å². The number of halogens is 1. The molecular weight excluding hydrogens is 308 g/mol. The van der Waals surface area contributed by atoms with E-state index < -0.39 is 5.97 Å². The lowest BCUT2D eigenvalue weighted by atomic mass is 10.1. The Morgan fingerprint density at radius 3 is 2.68 bits per heavy atom. The number of carbonyl (C=O) groups excluding carboxylic acids is 1. The van der Waals surface area contributed by atoms with E-state index in [0.717, 1.165) is 5.56 Å². The van der Waals surface area contributed by atoms with Gasteiger partial charge in [0.2, 0.25) is 5.91 Å². The number of amides is 1. The first-order valence-corrected chi connectivity index (χ1v) is 7.02. The number of aryl methyl sites for hydroxylation is 1. The molecule has 0 spiro atoms. The Bertz CT molecular complexity index is 654. The summed E-state index contributed by atoms with van der Waals surface area (Å²) in [5.41, 5.74) is 1.55. The van der Waals surface area contributed by atoms with E-state index in [4.69, 9.17) is 16.7 Å². The zero-order valence-electron chi connectivity index (χ0n) is 11.7. The molecular formula is C14H15ClN4O3. The number of aliphatic carboxylic acids is 1. The topological polar surface area (TPSA) is 97.1 Å². The first-order chi connectivity index (χ1) is 10.5. The van der Waals surface area contributed by atoms with Crippen LogP contribution in [0.1, 0.15) is 17.7 Å². The molecule has 0 aliphatic carbocycles. The first kappa shape index (κ1) is 16.0. The SMILES string of the molecule is O=C(O)Cn1cc(CNC(=O)CCc2ccc(Cl)cc2)nn1. The molecule has 2 rings (SSSR count). The zero-order valence-corrected chi connectivity index (χ0v) is 12.5. The van der Waals surface area contributed by atoms with Gasteiger partial charge >= 0.3 is 5.97 Å². The molecule has 0 saturated heterocycles. The second kappa shape index (κ2) is 7.56. The third-order valence-electron chi connectivity index (χ3n) is 2.90. The van der Waals surface area contributed by atoms with Gasteiger partial charge in [-0.25, -0.2) is 4.68 Å². The highest BCUT2D eigenvalue weighted by Crippen LogP contribution is 2.10. The lowest BCUT2D eigenvalue weighted by Crippen LogP contribution is -2.23. The molecule has 7 nitrogen and oxygen atoms in total. The zero-order chi connectivity index (χ0) is 15.9. The van der Waals surface area contributed by atoms with Gasteiger partial charge in [-0.05, 0) is 24.1 Å². The molecule has 0 fully saturated rings. The molecule has 0 aliphatic rings. The van der Waals surface area contributed by atoms with E-state index in [-0.39, 0.29) is 19.0 Å². The third kappa shape index (κ3) is 5.17. The fraction of sp³-hybridized carbons (Fsp3) is 0.286. The summed E-state index contributed by atoms with van der Waals surface area (Å²) in [6.07, 6.45) is 2.47. The highest BCUT2D eigenvalue weighted by molar-refractivity contribution is 6.30. The van der Waals surface area contributed by atoms with Gasteiger partial charge in [0, 0.05) is 11.4 Å². The summed E-state index contributed by atoms with van der Waals surface area (Å²) < 4.78 is 1.21. The van der Waals surface area contributed by atoms with Crippen LogP contribution in [0.15, 0.2) is 30.5 Å². The highest BCUT2D eigenvalue weighted by Gasteiger charge is 2.06. The second-order valence-corrected chi connectivity index (χ2v) is 5.14. The average molecular weight is 323 g/mol. The number of hydrogen-bond donors (Lipinski definition) is 2. The van der Waals surface area contributed by atoms with Gasteiger partial charge in [0.05, 0.1) is 12.7 Å². The lowest BCUT2D eigenvalue weighted by Gasteiger charge is -2.03. The third-order valence-corrected chi connectivity index (χ3v) is 3.16. The minimum absolute atomic E-state index is 0.109. The largest absolute Gasteiger partial charge is 0.480 e. The van der Waals surface area contributed by atoms with Crippen LogP contribution >= 0.6 is 11.6 Å². The average Bonchev–Trinajstić information content (AvgIpc) is 2.91. The Labute approximate surface area is 131 Å². The Hall–Kier alpha value is -2.41. The number of benzene rings is 1. The summed E-state index contributed by atoms with van der Waals surface area (Å²) in [4.78, 5) is 22.3. The summed E-state index contributed by atoms with van der Waals surface area (Å²) in [6.45, 7) is -0.0312. The Kier molecular flexibility index (Phi) is 5.48. The van der Waals surface area contributed by atoms with E-state index in [2.05, 4.69) is 15.6 Å². The van der Waals surface area contributed by atoms with E-state index in [9.17, 15) is 9.59 Å². The normalized spacial score (nSPS) is 10.4. The molecule has 0 saturated carbocycles. The number of carbonyl (C=O) groups is 2. The van der Waals surface area contributed by atoms with E-state index >= 15 is 0 Å². The molecule has 0 aliphatic heterocycles. The van der Waals surface area contributed by atoms with E-state index in [1.165, 1.54) is 10.9 Å². The van der Waals surface area contributed by atoms with Crippen molar-refractivity contribution in [2.24, 2.45) is 0 Å². The van der Waals surface area contributed by atoms with Gasteiger partial charge in [0.15, 0.2) is 0 Å². The molecule has 0 bridgehead atoms. The number of hydrogen-bond acceptors (Lipinski definition) is 4. The Balaban J connectivity index is 1.74. The maximum absolute atomic E-state index is 11.8. The minimum atomic E-state index is -0.997. The Morgan fingerprint density at radius 1 is 1.27 bits per heavy atom. The van der Waals surface area contributed by atoms with Crippen LogP contribution in [0.3, 0.4) is 0 Å². The van der Waals surface area contributed by atoms with Crippen LogP contribution in [-0.2, 0) is 29.1 Å². The smallest absolute Gasteiger partial charge is 0.325 e. The maximum Gasteiger partial charge on any atom is 0.325 e. The predicted octanol–water partition coefficient (Wildman–Crippen LogP) is 1.27. The van der Waals surface area contributed by atoms with Gasteiger partial charge in [-0.2, -0.15) is 0 Å². The molecule has 2 N–H and O–H groups in total. The van der Waals surface area contributed by atoms with Crippen molar-refractivity contribution in [2.75, 3.05) is 0 Å². The van der Waals surface area contributed by atoms with Crippen molar-refractivity contribution >= 4 is 23.5 Å². The van der Waals surface area contributed by atoms with Crippen molar-refractivity contribution in [3.8, 4) is 0 Å². The quantitative estimate of drug-likeness (QED) is 0.800. The van der Waals surface area contributed by atoms with Crippen LogP contribution in [0.4, 0.5) is 0 Å². The molecule has 1 aromatic heterocycles. The molecule has 8 heteroatoms. The van der Waals surface area contributed by atoms with E-state index in [0.29, 0.717) is 23.6 Å². The van der Waals surface area contributed by atoms with Gasteiger partial charge in [0.25, 0.3) is 0 Å². The van der Waals surface area contributed by atoms with Gasteiger partial charge in [-0.1, -0.05) is 28.9 Å². The summed E-state index contributed by atoms with van der Waals surface area (Å²) in [5, 5.41) is 19.5. The predicted molar refractivity (Wildman–Crippen MR) is 79.3 cm³/mol. The van der Waals surface area contributed by atoms with Crippen LogP contribution in [0, 0.1) is 0 Å². The number of nitrogens with zero attached hydrogens (tertiary/aromatic N) is 3. The van der Waals surface area contributed by atoms with Gasteiger partial charge in [-0.3, -0.25) is 9.59 Å². The molecule has 116 valence electrons. The van der Waals surface area contributed by atoms with Gasteiger partial charge in [-0.15, -0.1) is 5.10 Å². The summed E-state index contributed by atoms with van der Waals surface area (Å²) in [7, 11) is 0. The van der Waals surface area contributed by atoms with Crippen molar-refractivity contribution < 1.29 is 14.7 Å². The number of carboxylic acid groups (broad SMARTS) is 1. The van der Waals surface area contributed by atoms with Crippen molar-refractivity contribution in [3.63, 3.8) is 0 Å². The molecule has 22 heavy (non-hydrogen) atoms. The number of rotatable bonds is 7. The molecule has 0 radical (unpaired) electrons. The van der Waals surface area contributed by atoms with Crippen molar-refractivity contribution in [3.05, 3.63) is 46.7 Å². The summed E-state index contributed by atoms with van der Waals surface area (Å²) in [5.74, 6) is -1.11. The van der Waals surface area contributed by atoms with Crippen LogP contribution in [-0.4, -0.2) is 32.0 Å². The maximum atomic E-state index is 11.8. The molecule has 2 aromatic rings. The Morgan fingerprint density at radius 2 is 2.00 bits per heavy atom. The fourth-order valence-electron chi connectivity index (χ4n) is 1.82. The van der Waals surface area contributed by atoms with Crippen molar-refractivity contribution in [2.45, 2.75) is 25.9 Å². The van der Waals surface area contributed by atoms with E-state index in [1.54, 1.807) is 12.1 Å². The highest BCUT2D eigenvalue weighted by atomic mass is 35.5. The molecule has 1 heterocycles. The van der Waals surface area contributed by atoms with Gasteiger partial charge in [0.1, 0.15) is 12.2 Å². The van der Waals surface area contributed by atoms with Crippen molar-refractivity contribution in [1.29, 1.82) is 0 Å². The van der Waals surface area contributed by atoms with Crippen LogP contribution in [0.25, 0.3) is 0 Å². The molecule has 1 amide bonds. The first-order valence-electron chi connectivity index (χ1n) is 6.65.